The fraction of sp³-hybridized carbons (Fsp3) is 0.296. The Kier molecular flexibility index (Phi) is 10.2. The Hall–Kier alpha value is -4.91. The number of nitrogens with two attached hydrogens (primary N) is 1. The number of aliphatic carboxylic acids is 1. The maximum absolute atomic E-state index is 13.5. The number of nitrogens with one attached hydrogen (secondary N) is 4. The fourth-order valence-corrected chi connectivity index (χ4v) is 3.81. The third-order valence-electron chi connectivity index (χ3n) is 6.08. The van der Waals surface area contributed by atoms with Crippen LogP contribution in [0.1, 0.15) is 23.7 Å². The van der Waals surface area contributed by atoms with Crippen LogP contribution in [0.2, 0.25) is 0 Å². The Balaban J connectivity index is 1.82. The molecule has 0 aliphatic carbocycles. The molecule has 3 rings (SSSR count). The smallest absolute Gasteiger partial charge is 0.325 e. The monoisotopic (exact) mass is 552 g/mol. The number of nitrogens with zero attached hydrogens (tertiary/aromatic N) is 1. The van der Waals surface area contributed by atoms with Crippen LogP contribution >= 0.6 is 0 Å². The number of aromatic nitrogens is 2. The van der Waals surface area contributed by atoms with E-state index in [-0.39, 0.29) is 30.8 Å². The Morgan fingerprint density at radius 3 is 1.73 bits per heavy atom. The van der Waals surface area contributed by atoms with Crippen molar-refractivity contribution in [3.05, 3.63) is 77.9 Å². The van der Waals surface area contributed by atoms with Gasteiger partial charge in [-0.15, -0.1) is 0 Å². The average Bonchev–Trinajstić information content (AvgIpc) is 3.43. The Labute approximate surface area is 229 Å². The van der Waals surface area contributed by atoms with Crippen LogP contribution in [0.15, 0.2) is 61.1 Å². The largest absolute Gasteiger partial charge is 0.508 e. The normalized spacial score (nSPS) is 13.8. The van der Waals surface area contributed by atoms with E-state index in [2.05, 4.69) is 25.9 Å². The second kappa shape index (κ2) is 13.8. The van der Waals surface area contributed by atoms with Crippen LogP contribution in [0.5, 0.6) is 11.5 Å². The average molecular weight is 553 g/mol. The summed E-state index contributed by atoms with van der Waals surface area (Å²) in [6.45, 7) is 1.29. The highest BCUT2D eigenvalue weighted by Gasteiger charge is 2.30. The number of rotatable bonds is 13. The van der Waals surface area contributed by atoms with Crippen molar-refractivity contribution in [3.8, 4) is 11.5 Å². The molecule has 2 aromatic carbocycles. The fourth-order valence-electron chi connectivity index (χ4n) is 3.81. The van der Waals surface area contributed by atoms with E-state index in [4.69, 9.17) is 5.73 Å². The molecular formula is C27H32N6O7. The molecule has 0 bridgehead atoms. The number of hydrogen-bond donors (Lipinski definition) is 8. The molecule has 3 aromatic rings. The number of H-pyrrole nitrogens is 1. The van der Waals surface area contributed by atoms with E-state index in [0.29, 0.717) is 16.8 Å². The number of carbonyl (C=O) groups is 4. The van der Waals surface area contributed by atoms with Crippen molar-refractivity contribution in [2.45, 2.75) is 50.4 Å². The standard InChI is InChI=1S/C27H32N6O7/c1-15(27(39)40)31-25(37)22(10-16-2-6-19(34)7-3-16)33-26(38)23(11-17-4-8-20(35)9-5-17)32-24(36)21(28)12-18-13-29-14-30-18/h2-9,13-15,21-23,34-35H,10-12,28H2,1H3,(H,29,30)(H,31,37)(H,32,36)(H,33,38)(H,39,40). The number of benzene rings is 2. The minimum atomic E-state index is -1.26. The van der Waals surface area contributed by atoms with Gasteiger partial charge in [0.1, 0.15) is 29.6 Å². The lowest BCUT2D eigenvalue weighted by atomic mass is 10.0. The number of hydrogen-bond acceptors (Lipinski definition) is 8. The number of carboxylic acids is 1. The van der Waals surface area contributed by atoms with Crippen LogP contribution in [0, 0.1) is 0 Å². The molecule has 0 saturated carbocycles. The van der Waals surface area contributed by atoms with Gasteiger partial charge in [0.25, 0.3) is 0 Å². The van der Waals surface area contributed by atoms with Gasteiger partial charge in [0.05, 0.1) is 12.4 Å². The number of phenolic OH excluding ortho intramolecular Hbond substituents is 2. The molecule has 0 fully saturated rings. The predicted molar refractivity (Wildman–Crippen MR) is 143 cm³/mol. The summed E-state index contributed by atoms with van der Waals surface area (Å²) in [7, 11) is 0. The molecular weight excluding hydrogens is 520 g/mol. The molecule has 0 saturated heterocycles. The lowest BCUT2D eigenvalue weighted by molar-refractivity contribution is -0.141. The van der Waals surface area contributed by atoms with Crippen LogP contribution in [-0.4, -0.2) is 73.1 Å². The van der Waals surface area contributed by atoms with Crippen molar-refractivity contribution in [2.75, 3.05) is 0 Å². The number of imidazole rings is 1. The molecule has 13 nitrogen and oxygen atoms in total. The summed E-state index contributed by atoms with van der Waals surface area (Å²) in [6, 6.07) is 7.38. The molecule has 4 atom stereocenters. The van der Waals surface area contributed by atoms with Gasteiger partial charge >= 0.3 is 5.97 Å². The Morgan fingerprint density at radius 1 is 0.800 bits per heavy atom. The van der Waals surface area contributed by atoms with E-state index in [1.165, 1.54) is 43.7 Å². The van der Waals surface area contributed by atoms with Crippen LogP contribution in [0.3, 0.4) is 0 Å². The summed E-state index contributed by atoms with van der Waals surface area (Å²) in [5.41, 5.74) is 7.87. The maximum Gasteiger partial charge on any atom is 0.325 e. The lowest BCUT2D eigenvalue weighted by Crippen LogP contribution is -2.58. The lowest BCUT2D eigenvalue weighted by Gasteiger charge is -2.25. The number of aromatic amines is 1. The topological polar surface area (TPSA) is 220 Å². The van der Waals surface area contributed by atoms with E-state index >= 15 is 0 Å². The zero-order valence-corrected chi connectivity index (χ0v) is 21.7. The molecule has 1 heterocycles. The molecule has 1 aromatic heterocycles. The van der Waals surface area contributed by atoms with Gasteiger partial charge in [-0.25, -0.2) is 4.98 Å². The molecule has 0 aliphatic rings. The minimum Gasteiger partial charge on any atom is -0.508 e. The molecule has 212 valence electrons. The maximum atomic E-state index is 13.5. The quantitative estimate of drug-likeness (QED) is 0.140. The first-order valence-corrected chi connectivity index (χ1v) is 12.4. The Morgan fingerprint density at radius 2 is 1.27 bits per heavy atom. The van der Waals surface area contributed by atoms with Gasteiger partial charge in [0, 0.05) is 31.2 Å². The van der Waals surface area contributed by atoms with Gasteiger partial charge in [-0.3, -0.25) is 19.2 Å². The first-order chi connectivity index (χ1) is 19.0. The molecule has 0 radical (unpaired) electrons. The summed E-state index contributed by atoms with van der Waals surface area (Å²) in [6.07, 6.45) is 3.10. The second-order valence-corrected chi connectivity index (χ2v) is 9.32. The zero-order valence-electron chi connectivity index (χ0n) is 21.7. The van der Waals surface area contributed by atoms with E-state index in [0.717, 1.165) is 0 Å². The summed E-state index contributed by atoms with van der Waals surface area (Å²) >= 11 is 0. The SMILES string of the molecule is CC(NC(=O)C(Cc1ccc(O)cc1)NC(=O)C(Cc1ccc(O)cc1)NC(=O)C(N)Cc1cnc[nH]1)C(=O)O. The molecule has 0 aliphatic heterocycles. The number of phenols is 2. The third-order valence-corrected chi connectivity index (χ3v) is 6.08. The van der Waals surface area contributed by atoms with Crippen LogP contribution in [-0.2, 0) is 38.4 Å². The molecule has 4 unspecified atom stereocenters. The van der Waals surface area contributed by atoms with E-state index in [1.807, 2.05) is 0 Å². The number of carboxylic acid groups (broad SMARTS) is 1. The summed E-state index contributed by atoms with van der Waals surface area (Å²) in [4.78, 5) is 57.5. The minimum absolute atomic E-state index is 0.00765. The van der Waals surface area contributed by atoms with E-state index in [1.54, 1.807) is 24.3 Å². The molecule has 13 heteroatoms. The molecule has 40 heavy (non-hydrogen) atoms. The molecule has 9 N–H and O–H groups in total. The number of carbonyl (C=O) groups excluding carboxylic acids is 3. The number of amides is 3. The second-order valence-electron chi connectivity index (χ2n) is 9.32. The van der Waals surface area contributed by atoms with Crippen molar-refractivity contribution in [1.29, 1.82) is 0 Å². The van der Waals surface area contributed by atoms with E-state index in [9.17, 15) is 34.5 Å². The highest BCUT2D eigenvalue weighted by atomic mass is 16.4. The summed E-state index contributed by atoms with van der Waals surface area (Å²) < 4.78 is 0. The van der Waals surface area contributed by atoms with Crippen molar-refractivity contribution in [2.24, 2.45) is 5.73 Å². The van der Waals surface area contributed by atoms with Gasteiger partial charge in [-0.05, 0) is 42.3 Å². The first kappa shape index (κ1) is 29.6. The summed E-state index contributed by atoms with van der Waals surface area (Å²) in [5.74, 6) is -3.30. The van der Waals surface area contributed by atoms with Crippen molar-refractivity contribution >= 4 is 23.7 Å². The van der Waals surface area contributed by atoms with Gasteiger partial charge in [-0.2, -0.15) is 0 Å². The predicted octanol–water partition coefficient (Wildman–Crippen LogP) is -0.265. The van der Waals surface area contributed by atoms with Crippen molar-refractivity contribution in [1.82, 2.24) is 25.9 Å². The van der Waals surface area contributed by atoms with Crippen LogP contribution in [0.25, 0.3) is 0 Å². The molecule has 0 spiro atoms. The van der Waals surface area contributed by atoms with Gasteiger partial charge in [0.15, 0.2) is 0 Å². The Bertz CT molecular complexity index is 1300. The zero-order chi connectivity index (χ0) is 29.2. The van der Waals surface area contributed by atoms with Crippen LogP contribution < -0.4 is 21.7 Å². The van der Waals surface area contributed by atoms with Gasteiger partial charge in [0.2, 0.25) is 17.7 Å². The molecule has 3 amide bonds. The van der Waals surface area contributed by atoms with Gasteiger partial charge in [-0.1, -0.05) is 24.3 Å². The van der Waals surface area contributed by atoms with Crippen molar-refractivity contribution in [3.63, 3.8) is 0 Å². The summed E-state index contributed by atoms with van der Waals surface area (Å²) in [5, 5.41) is 36.0. The third kappa shape index (κ3) is 8.84. The highest BCUT2D eigenvalue weighted by Crippen LogP contribution is 2.14. The number of aromatic hydroxyl groups is 2. The van der Waals surface area contributed by atoms with Crippen LogP contribution in [0.4, 0.5) is 0 Å². The van der Waals surface area contributed by atoms with Gasteiger partial charge < -0.3 is 42.0 Å². The highest BCUT2D eigenvalue weighted by molar-refractivity contribution is 5.94. The van der Waals surface area contributed by atoms with E-state index < -0.39 is 47.9 Å². The van der Waals surface area contributed by atoms with Crippen molar-refractivity contribution < 1.29 is 34.5 Å². The first-order valence-electron chi connectivity index (χ1n) is 12.4.